The summed E-state index contributed by atoms with van der Waals surface area (Å²) in [5.41, 5.74) is 0. The average molecular weight is 957 g/mol. The van der Waals surface area contributed by atoms with Crippen LogP contribution in [0.2, 0.25) is 54.4 Å². The van der Waals surface area contributed by atoms with Gasteiger partial charge in [0, 0.05) is 20.8 Å². The molecule has 0 bridgehead atoms. The maximum atomic E-state index is 11.5. The van der Waals surface area contributed by atoms with E-state index in [0.29, 0.717) is 12.9 Å². The summed E-state index contributed by atoms with van der Waals surface area (Å²) in [6.45, 7) is 37.3. The third kappa shape index (κ3) is 13.7. The molecule has 4 rings (SSSR count). The zero-order chi connectivity index (χ0) is 49.0. The Morgan fingerprint density at radius 1 is 0.641 bits per heavy atom. The zero-order valence-corrected chi connectivity index (χ0v) is 44.2. The molecule has 0 radical (unpaired) electrons. The maximum Gasteiger partial charge on any atom is 0.377 e. The summed E-state index contributed by atoms with van der Waals surface area (Å²) in [4.78, 5) is 64.9. The number of ether oxygens (including phenoxy) is 6. The van der Waals surface area contributed by atoms with Gasteiger partial charge in [-0.25, -0.2) is 24.1 Å². The fourth-order valence-corrected chi connectivity index (χ4v) is 9.44. The number of rotatable bonds is 15. The van der Waals surface area contributed by atoms with Crippen molar-refractivity contribution in [2.45, 2.75) is 187 Å². The van der Waals surface area contributed by atoms with Crippen LogP contribution in [0.5, 0.6) is 0 Å². The van der Waals surface area contributed by atoms with E-state index in [-0.39, 0.29) is 45.6 Å². The second-order valence-electron chi connectivity index (χ2n) is 20.6. The molecule has 2 unspecified atom stereocenters. The predicted octanol–water partition coefficient (Wildman–Crippen LogP) is 6.18. The number of carbonyl (C=O) groups excluding carboxylic acids is 5. The van der Waals surface area contributed by atoms with Crippen molar-refractivity contribution in [1.82, 2.24) is 29.5 Å². The number of aromatic nitrogens is 6. The third-order valence-electron chi connectivity index (χ3n) is 12.5. The molecule has 64 heavy (non-hydrogen) atoms. The average Bonchev–Trinajstić information content (AvgIpc) is 3.95. The summed E-state index contributed by atoms with van der Waals surface area (Å²) in [6.07, 6.45) is -2.48. The summed E-state index contributed by atoms with van der Waals surface area (Å²) in [5, 5.41) is 8.39. The van der Waals surface area contributed by atoms with Gasteiger partial charge >= 0.3 is 23.9 Å². The van der Waals surface area contributed by atoms with Crippen LogP contribution < -0.4 is 0 Å². The molecule has 2 fully saturated rings. The van der Waals surface area contributed by atoms with Crippen LogP contribution in [0.4, 0.5) is 0 Å². The fraction of sp³-hybridized carbons (Fsp3) is 0.780. The lowest BCUT2D eigenvalue weighted by molar-refractivity contribution is -0.166. The molecule has 2 saturated heterocycles. The van der Waals surface area contributed by atoms with Crippen molar-refractivity contribution in [3.8, 4) is 0 Å². The van der Waals surface area contributed by atoms with Crippen LogP contribution in [-0.2, 0) is 56.1 Å². The first-order valence-corrected chi connectivity index (χ1v) is 30.0. The van der Waals surface area contributed by atoms with E-state index in [9.17, 15) is 24.0 Å². The smallest absolute Gasteiger partial charge is 0.377 e. The zero-order valence-electron chi connectivity index (χ0n) is 41.2. The summed E-state index contributed by atoms with van der Waals surface area (Å²) >= 11 is 0. The van der Waals surface area contributed by atoms with E-state index in [2.05, 4.69) is 126 Å². The summed E-state index contributed by atoms with van der Waals surface area (Å²) in [7, 11) is -5.31. The quantitative estimate of drug-likeness (QED) is 0.0840. The van der Waals surface area contributed by atoms with Crippen LogP contribution in [0.1, 0.15) is 117 Å². The molecular weight excluding hydrogens is 885 g/mol. The number of nitrogens with zero attached hydrogens (tertiary/aromatic N) is 6. The summed E-state index contributed by atoms with van der Waals surface area (Å²) in [5.74, 6) is -2.77. The standard InChI is InChI=1S/C26H53N3O5Si3.C15H19N3O9/c1-24(2,3)35(10,11)31-17-19-21(33-36(12,13)25(4,5)6)22(34-37(14,15)26(7,8)9)23(32-19)29-18-27-20(16-30)28-29;1-7(19)24-5-10-11(25-8(2)20)12(26-9(3)21)14(27-10)18-6-16-13(17-18)15(22)23-4/h16,18-19,21-23H,17H2,1-15H3;6,10-12,14H,5H2,1-4H3/t19-,21?,22+,23-;10-,11?,12+,14-/m11/s1. The highest BCUT2D eigenvalue weighted by atomic mass is 28.4. The highest BCUT2D eigenvalue weighted by Crippen LogP contribution is 2.46. The van der Waals surface area contributed by atoms with Gasteiger partial charge in [0.05, 0.1) is 13.7 Å². The van der Waals surface area contributed by atoms with Gasteiger partial charge in [0.25, 0.3) is 5.82 Å². The highest BCUT2D eigenvalue weighted by molar-refractivity contribution is 6.75. The summed E-state index contributed by atoms with van der Waals surface area (Å²) in [6, 6.07) is 0. The number of methoxy groups -OCH3 is 1. The molecule has 0 N–H and O–H groups in total. The van der Waals surface area contributed by atoms with Crippen molar-refractivity contribution >= 4 is 55.1 Å². The molecule has 0 amide bonds. The van der Waals surface area contributed by atoms with Crippen LogP contribution in [0.3, 0.4) is 0 Å². The molecule has 0 spiro atoms. The minimum absolute atomic E-state index is 0.00881. The van der Waals surface area contributed by atoms with Crippen LogP contribution in [0, 0.1) is 0 Å². The van der Waals surface area contributed by atoms with Gasteiger partial charge in [0.15, 0.2) is 55.9 Å². The third-order valence-corrected chi connectivity index (χ3v) is 26.0. The Labute approximate surface area is 380 Å². The van der Waals surface area contributed by atoms with E-state index < -0.39 is 85.7 Å². The van der Waals surface area contributed by atoms with Crippen LogP contribution in [0.15, 0.2) is 12.7 Å². The van der Waals surface area contributed by atoms with Crippen molar-refractivity contribution in [2.24, 2.45) is 0 Å². The Kier molecular flexibility index (Phi) is 17.8. The Balaban J connectivity index is 0.000000357. The van der Waals surface area contributed by atoms with Crippen molar-refractivity contribution < 1.29 is 65.7 Å². The number of esters is 4. The Morgan fingerprint density at radius 2 is 1.09 bits per heavy atom. The molecule has 2 aromatic rings. The lowest BCUT2D eigenvalue weighted by Crippen LogP contribution is -2.54. The van der Waals surface area contributed by atoms with Gasteiger partial charge in [-0.3, -0.25) is 19.2 Å². The summed E-state index contributed by atoms with van der Waals surface area (Å²) < 4.78 is 55.9. The molecule has 2 aromatic heterocycles. The molecule has 2 aliphatic heterocycles. The molecule has 362 valence electrons. The van der Waals surface area contributed by atoms with Gasteiger partial charge in [-0.05, 0) is 54.4 Å². The predicted molar refractivity (Wildman–Crippen MR) is 240 cm³/mol. The van der Waals surface area contributed by atoms with Crippen LogP contribution in [-0.4, -0.2) is 142 Å². The van der Waals surface area contributed by atoms with Gasteiger partial charge < -0.3 is 41.7 Å². The molecule has 8 atom stereocenters. The number of hydrogen-bond acceptors (Lipinski definition) is 18. The van der Waals surface area contributed by atoms with Crippen molar-refractivity contribution in [3.05, 3.63) is 24.3 Å². The highest BCUT2D eigenvalue weighted by Gasteiger charge is 2.56. The van der Waals surface area contributed by atoms with E-state index in [1.54, 1.807) is 11.0 Å². The van der Waals surface area contributed by atoms with Gasteiger partial charge in [-0.1, -0.05) is 62.3 Å². The lowest BCUT2D eigenvalue weighted by atomic mass is 10.1. The number of carbonyl (C=O) groups is 5. The lowest BCUT2D eigenvalue weighted by Gasteiger charge is -2.44. The largest absolute Gasteiger partial charge is 0.463 e. The number of hydrogen-bond donors (Lipinski definition) is 0. The minimum Gasteiger partial charge on any atom is -0.463 e. The molecule has 23 heteroatoms. The topological polar surface area (TPSA) is 230 Å². The van der Waals surface area contributed by atoms with E-state index in [0.717, 1.165) is 4.68 Å². The Morgan fingerprint density at radius 3 is 1.55 bits per heavy atom. The van der Waals surface area contributed by atoms with E-state index >= 15 is 0 Å². The number of aldehydes is 1. The van der Waals surface area contributed by atoms with Gasteiger partial charge in [-0.15, -0.1) is 10.2 Å². The van der Waals surface area contributed by atoms with E-state index in [1.165, 1.54) is 34.2 Å². The fourth-order valence-electron chi connectivity index (χ4n) is 5.82. The maximum absolute atomic E-state index is 11.5. The normalized spacial score (nSPS) is 24.4. The Hall–Kier alpha value is -3.72. The van der Waals surface area contributed by atoms with Crippen LogP contribution >= 0.6 is 0 Å². The van der Waals surface area contributed by atoms with Gasteiger partial charge in [-0.2, -0.15) is 0 Å². The first-order chi connectivity index (χ1) is 29.2. The molecule has 4 heterocycles. The molecular formula is C41H72N6O14Si3. The molecule has 0 aliphatic carbocycles. The van der Waals surface area contributed by atoms with Crippen molar-refractivity contribution in [3.63, 3.8) is 0 Å². The van der Waals surface area contributed by atoms with Crippen molar-refractivity contribution in [1.29, 1.82) is 0 Å². The molecule has 20 nitrogen and oxygen atoms in total. The molecule has 0 saturated carbocycles. The second-order valence-corrected chi connectivity index (χ2v) is 34.9. The first-order valence-electron chi connectivity index (χ1n) is 21.3. The minimum atomic E-state index is -2.24. The van der Waals surface area contributed by atoms with Gasteiger partial charge in [0.2, 0.25) is 5.82 Å². The monoisotopic (exact) mass is 956 g/mol. The molecule has 2 aliphatic rings. The van der Waals surface area contributed by atoms with Crippen molar-refractivity contribution in [2.75, 3.05) is 20.3 Å². The van der Waals surface area contributed by atoms with Crippen LogP contribution in [0.25, 0.3) is 0 Å². The van der Waals surface area contributed by atoms with E-state index in [4.69, 9.17) is 37.0 Å². The second kappa shape index (κ2) is 20.8. The Bertz CT molecular complexity index is 1940. The van der Waals surface area contributed by atoms with E-state index in [1.807, 2.05) is 0 Å². The first kappa shape index (κ1) is 54.6. The SMILES string of the molecule is CC(C)(C)[Si](C)(C)OC[C@H]1O[C@@H](n2cnc(C=O)n2)[C@@H](O[Si](C)(C)C(C)(C)C)C1O[Si](C)(C)C(C)(C)C.COC(=O)c1ncn([C@@H]2O[C@H](COC(C)=O)C(OC(C)=O)[C@@H]2OC(C)=O)n1. The van der Waals surface area contributed by atoms with Gasteiger partial charge in [0.1, 0.15) is 43.7 Å². The molecule has 0 aromatic carbocycles.